The van der Waals surface area contributed by atoms with E-state index >= 15 is 0 Å². The van der Waals surface area contributed by atoms with Crippen molar-refractivity contribution >= 4 is 63.4 Å². The summed E-state index contributed by atoms with van der Waals surface area (Å²) in [5.74, 6) is -4.06. The Morgan fingerprint density at radius 2 is 1.50 bits per heavy atom. The Morgan fingerprint density at radius 1 is 0.900 bits per heavy atom. The number of hydrogen-bond acceptors (Lipinski definition) is 5. The summed E-state index contributed by atoms with van der Waals surface area (Å²) >= 11 is 13.1. The van der Waals surface area contributed by atoms with Crippen molar-refractivity contribution in [2.24, 2.45) is 18.9 Å². The van der Waals surface area contributed by atoms with E-state index in [1.807, 2.05) is 0 Å². The zero-order valence-electron chi connectivity index (χ0n) is 27.5. The van der Waals surface area contributed by atoms with Crippen molar-refractivity contribution in [1.82, 2.24) is 20.2 Å². The fourth-order valence-corrected chi connectivity index (χ4v) is 6.93. The number of anilines is 3. The standard InChI is InChI=1S/C33H37Cl2F7N6O2/c1-31(2,36)29(50)43-16-17-4-9-22(34)27(26(17)35)46-30-45-23-14-21(28(49)44-20-7-5-18(6-8-20)32(37,38)39)24(15-25(23)47(30)3)48-12-10-19(11-13-48)33(40,41)42/h4,9,14-15,18-20H,5-8,10-13,16H2,1-3H3,(H,43,50)(H,44,49)(H,45,46)/t18-,20-. The first kappa shape index (κ1) is 37.8. The second-order valence-electron chi connectivity index (χ2n) is 13.4. The van der Waals surface area contributed by atoms with E-state index in [9.17, 15) is 40.3 Å². The Morgan fingerprint density at radius 3 is 2.08 bits per heavy atom. The molecule has 274 valence electrons. The molecule has 2 fully saturated rings. The molecule has 1 saturated heterocycles. The summed E-state index contributed by atoms with van der Waals surface area (Å²) in [5.41, 5.74) is -0.0710. The number of amides is 2. The first-order valence-electron chi connectivity index (χ1n) is 16.1. The van der Waals surface area contributed by atoms with Crippen molar-refractivity contribution in [3.8, 4) is 0 Å². The average Bonchev–Trinajstić information content (AvgIpc) is 3.34. The highest BCUT2D eigenvalue weighted by atomic mass is 35.5. The number of carbonyl (C=O) groups is 2. The lowest BCUT2D eigenvalue weighted by atomic mass is 9.85. The number of carbonyl (C=O) groups excluding carboxylic acids is 2. The molecule has 1 aromatic heterocycles. The zero-order chi connectivity index (χ0) is 36.8. The topological polar surface area (TPSA) is 91.3 Å². The normalized spacial score (nSPS) is 19.5. The van der Waals surface area contributed by atoms with Crippen molar-refractivity contribution in [2.75, 3.05) is 23.3 Å². The molecule has 8 nitrogen and oxygen atoms in total. The maximum absolute atomic E-state index is 14.0. The predicted molar refractivity (Wildman–Crippen MR) is 178 cm³/mol. The van der Waals surface area contributed by atoms with Gasteiger partial charge in [0.05, 0.1) is 49.9 Å². The van der Waals surface area contributed by atoms with Gasteiger partial charge >= 0.3 is 12.4 Å². The summed E-state index contributed by atoms with van der Waals surface area (Å²) in [7, 11) is 1.67. The minimum atomic E-state index is -4.34. The smallest absolute Gasteiger partial charge is 0.371 e. The van der Waals surface area contributed by atoms with Crippen LogP contribution in [-0.2, 0) is 18.4 Å². The van der Waals surface area contributed by atoms with E-state index in [0.717, 1.165) is 13.8 Å². The lowest BCUT2D eigenvalue weighted by Gasteiger charge is -2.35. The van der Waals surface area contributed by atoms with E-state index < -0.39 is 47.7 Å². The molecule has 1 aliphatic carbocycles. The van der Waals surface area contributed by atoms with Gasteiger partial charge in [0, 0.05) is 32.7 Å². The number of nitrogens with zero attached hydrogens (tertiary/aromatic N) is 3. The highest BCUT2D eigenvalue weighted by Gasteiger charge is 2.43. The molecule has 1 aliphatic heterocycles. The number of piperidine rings is 1. The van der Waals surface area contributed by atoms with Crippen LogP contribution < -0.4 is 20.9 Å². The van der Waals surface area contributed by atoms with Gasteiger partial charge in [0.2, 0.25) is 5.95 Å². The third-order valence-electron chi connectivity index (χ3n) is 9.45. The maximum atomic E-state index is 14.0. The number of aromatic nitrogens is 2. The Hall–Kier alpha value is -3.46. The van der Waals surface area contributed by atoms with Crippen LogP contribution >= 0.6 is 23.2 Å². The maximum Gasteiger partial charge on any atom is 0.391 e. The summed E-state index contributed by atoms with van der Waals surface area (Å²) in [6.45, 7) is 2.22. The molecule has 3 aromatic rings. The van der Waals surface area contributed by atoms with Crippen LogP contribution in [0.1, 0.15) is 68.3 Å². The number of hydrogen-bond donors (Lipinski definition) is 3. The SMILES string of the molecule is Cn1c(Nc2c(Cl)ccc(CNC(=O)C(C)(C)F)c2Cl)nc2cc(C(=O)N[C@H]3CC[C@H](C(F)(F)F)CC3)c(N3CCC(C(F)(F)F)CC3)cc21. The van der Waals surface area contributed by atoms with E-state index in [1.165, 1.54) is 12.1 Å². The van der Waals surface area contributed by atoms with Crippen molar-refractivity contribution in [3.63, 3.8) is 0 Å². The van der Waals surface area contributed by atoms with Crippen LogP contribution in [0, 0.1) is 11.8 Å². The Labute approximate surface area is 294 Å². The number of benzene rings is 2. The third kappa shape index (κ3) is 8.35. The Kier molecular flexibility index (Phi) is 10.8. The largest absolute Gasteiger partial charge is 0.391 e. The number of rotatable bonds is 8. The molecule has 0 unspecified atom stereocenters. The fraction of sp³-hybridized carbons (Fsp3) is 0.545. The lowest BCUT2D eigenvalue weighted by Crippen LogP contribution is -2.42. The van der Waals surface area contributed by atoms with Crippen LogP contribution in [0.25, 0.3) is 11.0 Å². The van der Waals surface area contributed by atoms with Gasteiger partial charge in [0.1, 0.15) is 0 Å². The van der Waals surface area contributed by atoms with E-state index in [2.05, 4.69) is 20.9 Å². The molecule has 2 aromatic carbocycles. The van der Waals surface area contributed by atoms with Gasteiger partial charge in [-0.1, -0.05) is 29.3 Å². The number of nitrogens with one attached hydrogen (secondary N) is 3. The molecule has 2 amide bonds. The van der Waals surface area contributed by atoms with Crippen molar-refractivity contribution < 1.29 is 40.3 Å². The van der Waals surface area contributed by atoms with E-state index in [4.69, 9.17) is 23.2 Å². The van der Waals surface area contributed by atoms with Crippen LogP contribution in [0.4, 0.5) is 48.1 Å². The van der Waals surface area contributed by atoms with Gasteiger partial charge in [0.25, 0.3) is 11.8 Å². The number of imidazole rings is 1. The van der Waals surface area contributed by atoms with Gasteiger partial charge in [-0.25, -0.2) is 9.37 Å². The summed E-state index contributed by atoms with van der Waals surface area (Å²) in [4.78, 5) is 32.1. The monoisotopic (exact) mass is 752 g/mol. The van der Waals surface area contributed by atoms with Gasteiger partial charge in [-0.2, -0.15) is 26.3 Å². The van der Waals surface area contributed by atoms with Gasteiger partial charge in [-0.15, -0.1) is 0 Å². The van der Waals surface area contributed by atoms with Crippen LogP contribution in [0.15, 0.2) is 24.3 Å². The second kappa shape index (κ2) is 14.3. The number of fused-ring (bicyclic) bond motifs is 1. The number of alkyl halides is 7. The molecule has 0 bridgehead atoms. The van der Waals surface area contributed by atoms with E-state index in [0.29, 0.717) is 22.3 Å². The average molecular weight is 754 g/mol. The second-order valence-corrected chi connectivity index (χ2v) is 14.2. The van der Waals surface area contributed by atoms with Gasteiger partial charge in [-0.3, -0.25) is 9.59 Å². The molecule has 0 spiro atoms. The quantitative estimate of drug-likeness (QED) is 0.201. The van der Waals surface area contributed by atoms with Gasteiger partial charge in [-0.05, 0) is 76.1 Å². The molecule has 3 N–H and O–H groups in total. The zero-order valence-corrected chi connectivity index (χ0v) is 29.0. The molecule has 17 heteroatoms. The fourth-order valence-electron chi connectivity index (χ4n) is 6.40. The number of aryl methyl sites for hydroxylation is 1. The first-order chi connectivity index (χ1) is 23.2. The van der Waals surface area contributed by atoms with Crippen LogP contribution in [0.2, 0.25) is 10.0 Å². The minimum absolute atomic E-state index is 0.0315. The molecule has 0 radical (unpaired) electrons. The highest BCUT2D eigenvalue weighted by molar-refractivity contribution is 6.39. The highest BCUT2D eigenvalue weighted by Crippen LogP contribution is 2.40. The molecule has 1 saturated carbocycles. The van der Waals surface area contributed by atoms with Crippen molar-refractivity contribution in [3.05, 3.63) is 45.4 Å². The van der Waals surface area contributed by atoms with Crippen LogP contribution in [-0.4, -0.2) is 58.5 Å². The molecule has 2 aliphatic rings. The molecule has 2 heterocycles. The number of halogens is 9. The predicted octanol–water partition coefficient (Wildman–Crippen LogP) is 8.62. The molecule has 0 atom stereocenters. The summed E-state index contributed by atoms with van der Waals surface area (Å²) in [6, 6.07) is 5.78. The minimum Gasteiger partial charge on any atom is -0.371 e. The molecule has 5 rings (SSSR count). The lowest BCUT2D eigenvalue weighted by molar-refractivity contribution is -0.182. The Bertz CT molecular complexity index is 1740. The summed E-state index contributed by atoms with van der Waals surface area (Å²) < 4.78 is 95.7. The molecular weight excluding hydrogens is 716 g/mol. The van der Waals surface area contributed by atoms with Gasteiger partial charge < -0.3 is 25.4 Å². The Balaban J connectivity index is 1.45. The van der Waals surface area contributed by atoms with Crippen molar-refractivity contribution in [1.29, 1.82) is 0 Å². The van der Waals surface area contributed by atoms with E-state index in [-0.39, 0.29) is 85.4 Å². The van der Waals surface area contributed by atoms with Crippen molar-refractivity contribution in [2.45, 2.75) is 83.0 Å². The molecule has 50 heavy (non-hydrogen) atoms. The van der Waals surface area contributed by atoms with Crippen LogP contribution in [0.3, 0.4) is 0 Å². The summed E-state index contributed by atoms with van der Waals surface area (Å²) in [6.07, 6.45) is -8.95. The third-order valence-corrected chi connectivity index (χ3v) is 10.2. The van der Waals surface area contributed by atoms with E-state index in [1.54, 1.807) is 28.6 Å². The van der Waals surface area contributed by atoms with Gasteiger partial charge in [0.15, 0.2) is 5.67 Å². The molecular formula is C33H37Cl2F7N6O2. The first-order valence-corrected chi connectivity index (χ1v) is 16.9. The summed E-state index contributed by atoms with van der Waals surface area (Å²) in [5, 5.41) is 8.74. The van der Waals surface area contributed by atoms with Crippen LogP contribution in [0.5, 0.6) is 0 Å².